The number of aromatic carboxylic acids is 1. The van der Waals surface area contributed by atoms with Gasteiger partial charge in [-0.25, -0.2) is 10.2 Å². The first-order chi connectivity index (χ1) is 11.9. The molecule has 0 aliphatic carbocycles. The van der Waals surface area contributed by atoms with Crippen LogP contribution in [-0.2, 0) is 4.79 Å². The lowest BCUT2D eigenvalue weighted by Gasteiger charge is -2.09. The number of benzene rings is 2. The Labute approximate surface area is 150 Å². The van der Waals surface area contributed by atoms with Gasteiger partial charge in [0.2, 0.25) is 0 Å². The summed E-state index contributed by atoms with van der Waals surface area (Å²) < 4.78 is 5.41. The number of hydrogen-bond acceptors (Lipinski definition) is 4. The van der Waals surface area contributed by atoms with Crippen LogP contribution in [0.25, 0.3) is 0 Å². The largest absolute Gasteiger partial charge is 0.484 e. The van der Waals surface area contributed by atoms with Gasteiger partial charge in [-0.15, -0.1) is 0 Å². The molecular formula is C18H17ClN2O4. The third-order valence-electron chi connectivity index (χ3n) is 3.36. The second-order valence-electron chi connectivity index (χ2n) is 5.35. The second-order valence-corrected chi connectivity index (χ2v) is 5.72. The molecule has 0 bridgehead atoms. The van der Waals surface area contributed by atoms with Crippen molar-refractivity contribution < 1.29 is 19.4 Å². The summed E-state index contributed by atoms with van der Waals surface area (Å²) in [5.74, 6) is -0.991. The fraction of sp³-hybridized carbons (Fsp3) is 0.167. The van der Waals surface area contributed by atoms with E-state index in [4.69, 9.17) is 21.4 Å². The maximum absolute atomic E-state index is 11.8. The number of nitrogens with zero attached hydrogens (tertiary/aromatic N) is 1. The molecule has 2 N–H and O–H groups in total. The molecular weight excluding hydrogens is 344 g/mol. The number of rotatable bonds is 6. The molecule has 0 aliphatic heterocycles. The molecule has 2 aromatic carbocycles. The van der Waals surface area contributed by atoms with Gasteiger partial charge in [0.1, 0.15) is 5.75 Å². The van der Waals surface area contributed by atoms with E-state index >= 15 is 0 Å². The summed E-state index contributed by atoms with van der Waals surface area (Å²) in [6.07, 6.45) is 1.28. The van der Waals surface area contributed by atoms with Gasteiger partial charge in [-0.1, -0.05) is 29.8 Å². The van der Waals surface area contributed by atoms with Crippen LogP contribution in [-0.4, -0.2) is 29.8 Å². The number of carbonyl (C=O) groups is 2. The van der Waals surface area contributed by atoms with Crippen molar-refractivity contribution in [2.45, 2.75) is 13.8 Å². The van der Waals surface area contributed by atoms with Crippen molar-refractivity contribution in [2.24, 2.45) is 5.10 Å². The number of carbonyl (C=O) groups excluding carboxylic acids is 1. The average molecular weight is 361 g/mol. The van der Waals surface area contributed by atoms with E-state index in [1.165, 1.54) is 12.3 Å². The number of amides is 1. The van der Waals surface area contributed by atoms with Crippen LogP contribution >= 0.6 is 11.6 Å². The Kier molecular flexibility index (Phi) is 6.14. The van der Waals surface area contributed by atoms with Gasteiger partial charge in [0.15, 0.2) is 6.61 Å². The highest BCUT2D eigenvalue weighted by atomic mass is 35.5. The van der Waals surface area contributed by atoms with Gasteiger partial charge in [-0.05, 0) is 43.2 Å². The normalized spacial score (nSPS) is 10.7. The predicted octanol–water partition coefficient (Wildman–Crippen LogP) is 3.18. The van der Waals surface area contributed by atoms with Crippen molar-refractivity contribution >= 4 is 29.7 Å². The molecule has 0 aliphatic rings. The Morgan fingerprint density at radius 2 is 1.88 bits per heavy atom. The highest BCUT2D eigenvalue weighted by Gasteiger charge is 2.08. The van der Waals surface area contributed by atoms with E-state index in [2.05, 4.69) is 10.5 Å². The fourth-order valence-electron chi connectivity index (χ4n) is 2.15. The molecule has 0 atom stereocenters. The molecule has 25 heavy (non-hydrogen) atoms. The minimum atomic E-state index is -1.06. The number of ether oxygens (including phenoxy) is 1. The van der Waals surface area contributed by atoms with Crippen LogP contribution in [0.15, 0.2) is 41.5 Å². The van der Waals surface area contributed by atoms with Crippen LogP contribution in [0, 0.1) is 13.8 Å². The third-order valence-corrected chi connectivity index (χ3v) is 3.96. The summed E-state index contributed by atoms with van der Waals surface area (Å²) in [5.41, 5.74) is 4.51. The van der Waals surface area contributed by atoms with Crippen molar-refractivity contribution in [1.82, 2.24) is 5.43 Å². The van der Waals surface area contributed by atoms with Gasteiger partial charge in [-0.2, -0.15) is 5.10 Å². The fourth-order valence-corrected chi connectivity index (χ4v) is 2.26. The molecule has 0 saturated heterocycles. The van der Waals surface area contributed by atoms with Crippen LogP contribution in [0.2, 0.25) is 5.02 Å². The highest BCUT2D eigenvalue weighted by Crippen LogP contribution is 2.25. The van der Waals surface area contributed by atoms with Gasteiger partial charge in [0.05, 0.1) is 11.8 Å². The molecule has 7 heteroatoms. The Balaban J connectivity index is 1.92. The molecule has 0 spiro atoms. The number of carboxylic acids is 1. The van der Waals surface area contributed by atoms with E-state index in [0.29, 0.717) is 16.3 Å². The Hall–Kier alpha value is -2.86. The standard InChI is InChI=1S/C18H17ClN2O4/c1-11-7-14(8-12(2)17(11)19)25-10-16(22)21-20-9-13-5-3-4-6-15(13)18(23)24/h3-9H,10H2,1-2H3,(H,21,22)(H,23,24)/b20-9+. The smallest absolute Gasteiger partial charge is 0.336 e. The molecule has 2 aromatic rings. The second kappa shape index (κ2) is 8.30. The zero-order chi connectivity index (χ0) is 18.4. The van der Waals surface area contributed by atoms with E-state index in [1.54, 1.807) is 30.3 Å². The molecule has 0 radical (unpaired) electrons. The van der Waals surface area contributed by atoms with Gasteiger partial charge < -0.3 is 9.84 Å². The van der Waals surface area contributed by atoms with Gasteiger partial charge >= 0.3 is 5.97 Å². The van der Waals surface area contributed by atoms with Crippen LogP contribution in [0.3, 0.4) is 0 Å². The summed E-state index contributed by atoms with van der Waals surface area (Å²) in [4.78, 5) is 22.8. The zero-order valence-electron chi connectivity index (χ0n) is 13.7. The third kappa shape index (κ3) is 5.06. The summed E-state index contributed by atoms with van der Waals surface area (Å²) in [5, 5.41) is 13.5. The van der Waals surface area contributed by atoms with Gasteiger partial charge in [-0.3, -0.25) is 4.79 Å². The molecule has 0 heterocycles. The monoisotopic (exact) mass is 360 g/mol. The Bertz CT molecular complexity index is 811. The van der Waals surface area contributed by atoms with E-state index in [1.807, 2.05) is 13.8 Å². The molecule has 2 rings (SSSR count). The maximum Gasteiger partial charge on any atom is 0.336 e. The highest BCUT2D eigenvalue weighted by molar-refractivity contribution is 6.32. The first-order valence-corrected chi connectivity index (χ1v) is 7.80. The van der Waals surface area contributed by atoms with Gasteiger partial charge in [0.25, 0.3) is 5.91 Å². The Morgan fingerprint density at radius 1 is 1.24 bits per heavy atom. The minimum Gasteiger partial charge on any atom is -0.484 e. The lowest BCUT2D eigenvalue weighted by Crippen LogP contribution is -2.24. The van der Waals surface area contributed by atoms with E-state index in [-0.39, 0.29) is 12.2 Å². The quantitative estimate of drug-likeness (QED) is 0.611. The minimum absolute atomic E-state index is 0.101. The van der Waals surface area contributed by atoms with Crippen LogP contribution in [0.5, 0.6) is 5.75 Å². The first-order valence-electron chi connectivity index (χ1n) is 7.42. The van der Waals surface area contributed by atoms with Crippen LogP contribution < -0.4 is 10.2 Å². The number of carboxylic acid groups (broad SMARTS) is 1. The van der Waals surface area contributed by atoms with Crippen molar-refractivity contribution in [3.05, 3.63) is 63.7 Å². The first kappa shape index (κ1) is 18.5. The van der Waals surface area contributed by atoms with Crippen molar-refractivity contribution in [3.63, 3.8) is 0 Å². The average Bonchev–Trinajstić information content (AvgIpc) is 2.58. The lowest BCUT2D eigenvalue weighted by atomic mass is 10.1. The number of hydrogen-bond donors (Lipinski definition) is 2. The molecule has 0 aromatic heterocycles. The van der Waals surface area contributed by atoms with Gasteiger partial charge in [0, 0.05) is 10.6 Å². The van der Waals surface area contributed by atoms with Crippen molar-refractivity contribution in [2.75, 3.05) is 6.61 Å². The zero-order valence-corrected chi connectivity index (χ0v) is 14.5. The summed E-state index contributed by atoms with van der Waals surface area (Å²) in [6, 6.07) is 9.84. The van der Waals surface area contributed by atoms with E-state index in [9.17, 15) is 9.59 Å². The van der Waals surface area contributed by atoms with Crippen LogP contribution in [0.1, 0.15) is 27.0 Å². The molecule has 0 saturated carbocycles. The number of nitrogens with one attached hydrogen (secondary N) is 1. The van der Waals surface area contributed by atoms with Crippen LogP contribution in [0.4, 0.5) is 0 Å². The Morgan fingerprint density at radius 3 is 2.52 bits per heavy atom. The summed E-state index contributed by atoms with van der Waals surface area (Å²) >= 11 is 6.08. The topological polar surface area (TPSA) is 88.0 Å². The van der Waals surface area contributed by atoms with Crippen molar-refractivity contribution in [3.8, 4) is 5.75 Å². The SMILES string of the molecule is Cc1cc(OCC(=O)N/N=C/c2ccccc2C(=O)O)cc(C)c1Cl. The van der Waals surface area contributed by atoms with E-state index in [0.717, 1.165) is 11.1 Å². The summed E-state index contributed by atoms with van der Waals surface area (Å²) in [7, 11) is 0. The predicted molar refractivity (Wildman–Crippen MR) is 95.6 cm³/mol. The summed E-state index contributed by atoms with van der Waals surface area (Å²) in [6.45, 7) is 3.48. The number of halogens is 1. The lowest BCUT2D eigenvalue weighted by molar-refractivity contribution is -0.123. The maximum atomic E-state index is 11.8. The van der Waals surface area contributed by atoms with E-state index < -0.39 is 11.9 Å². The molecule has 130 valence electrons. The number of hydrazone groups is 1. The molecule has 1 amide bonds. The van der Waals surface area contributed by atoms with Crippen molar-refractivity contribution in [1.29, 1.82) is 0 Å². The molecule has 6 nitrogen and oxygen atoms in total. The number of aryl methyl sites for hydroxylation is 2. The molecule has 0 fully saturated rings. The molecule has 0 unspecified atom stereocenters.